The quantitative estimate of drug-likeness (QED) is 0.778. The van der Waals surface area contributed by atoms with E-state index >= 15 is 0 Å². The molecule has 3 rings (SSSR count). The first kappa shape index (κ1) is 20.4. The van der Waals surface area contributed by atoms with E-state index in [-0.39, 0.29) is 11.8 Å². The van der Waals surface area contributed by atoms with Crippen LogP contribution in [0.3, 0.4) is 0 Å². The van der Waals surface area contributed by atoms with Crippen LogP contribution in [-0.4, -0.2) is 54.2 Å². The Bertz CT molecular complexity index is 447. The molecule has 1 spiro atoms. The average Bonchev–Trinajstić information content (AvgIpc) is 3.07. The lowest BCUT2D eigenvalue weighted by molar-refractivity contribution is -0.139. The van der Waals surface area contributed by atoms with Crippen molar-refractivity contribution in [3.8, 4) is 0 Å². The minimum absolute atomic E-state index is 0.250. The third-order valence-corrected chi connectivity index (χ3v) is 6.80. The standard InChI is InChI=1S/C19H32N2O2.C2H6/c1-3-20-10-5-16(6-11-20)18(23)21-12-8-19(9-13-21)7-4-17(14-19)15(2)22;1-2/h16-17H,3-14H2,1-2H3;1-2H3. The normalized spacial score (nSPS) is 27.0. The van der Waals surface area contributed by atoms with Crippen LogP contribution in [0.25, 0.3) is 0 Å². The summed E-state index contributed by atoms with van der Waals surface area (Å²) in [7, 11) is 0. The van der Waals surface area contributed by atoms with Crippen LogP contribution in [0, 0.1) is 17.3 Å². The second kappa shape index (κ2) is 9.16. The van der Waals surface area contributed by atoms with Crippen LogP contribution < -0.4 is 0 Å². The van der Waals surface area contributed by atoms with Crippen LogP contribution >= 0.6 is 0 Å². The van der Waals surface area contributed by atoms with E-state index < -0.39 is 0 Å². The fourth-order valence-electron chi connectivity index (χ4n) is 4.96. The van der Waals surface area contributed by atoms with Gasteiger partial charge >= 0.3 is 0 Å². The average molecular weight is 351 g/mol. The number of carbonyl (C=O) groups is 2. The zero-order chi connectivity index (χ0) is 18.4. The van der Waals surface area contributed by atoms with Crippen molar-refractivity contribution in [3.63, 3.8) is 0 Å². The smallest absolute Gasteiger partial charge is 0.225 e. The van der Waals surface area contributed by atoms with E-state index in [4.69, 9.17) is 0 Å². The minimum atomic E-state index is 0.250. The van der Waals surface area contributed by atoms with Gasteiger partial charge in [-0.2, -0.15) is 0 Å². The molecule has 4 heteroatoms. The molecule has 0 aromatic rings. The molecule has 3 aliphatic rings. The molecule has 1 saturated carbocycles. The largest absolute Gasteiger partial charge is 0.342 e. The first-order chi connectivity index (χ1) is 12.0. The highest BCUT2D eigenvalue weighted by Crippen LogP contribution is 2.49. The molecule has 0 radical (unpaired) electrons. The zero-order valence-corrected chi connectivity index (χ0v) is 16.9. The number of hydrogen-bond donors (Lipinski definition) is 0. The molecule has 0 N–H and O–H groups in total. The maximum Gasteiger partial charge on any atom is 0.225 e. The molecule has 2 saturated heterocycles. The monoisotopic (exact) mass is 350 g/mol. The number of hydrogen-bond acceptors (Lipinski definition) is 3. The second-order valence-electron chi connectivity index (χ2n) is 8.08. The summed E-state index contributed by atoms with van der Waals surface area (Å²) in [4.78, 5) is 29.0. The molecule has 4 nitrogen and oxygen atoms in total. The lowest BCUT2D eigenvalue weighted by Gasteiger charge is -2.41. The van der Waals surface area contributed by atoms with E-state index in [1.807, 2.05) is 13.8 Å². The minimum Gasteiger partial charge on any atom is -0.342 e. The van der Waals surface area contributed by atoms with Crippen LogP contribution in [0.4, 0.5) is 0 Å². The molecular formula is C21H38N2O2. The summed E-state index contributed by atoms with van der Waals surface area (Å²) in [5.41, 5.74) is 0.360. The van der Waals surface area contributed by atoms with Crippen molar-refractivity contribution in [2.45, 2.75) is 72.6 Å². The molecule has 1 aliphatic carbocycles. The summed E-state index contributed by atoms with van der Waals surface area (Å²) in [6, 6.07) is 0. The number of amides is 1. The third kappa shape index (κ3) is 4.84. The Balaban J connectivity index is 0.00000109. The van der Waals surface area contributed by atoms with Gasteiger partial charge in [-0.3, -0.25) is 9.59 Å². The van der Waals surface area contributed by atoms with Crippen molar-refractivity contribution in [1.29, 1.82) is 0 Å². The molecule has 1 atom stereocenters. The van der Waals surface area contributed by atoms with Gasteiger partial charge in [0.15, 0.2) is 0 Å². The topological polar surface area (TPSA) is 40.6 Å². The Morgan fingerprint density at radius 2 is 1.52 bits per heavy atom. The highest BCUT2D eigenvalue weighted by molar-refractivity contribution is 5.79. The van der Waals surface area contributed by atoms with Crippen molar-refractivity contribution in [2.75, 3.05) is 32.7 Å². The lowest BCUT2D eigenvalue weighted by atomic mass is 9.76. The van der Waals surface area contributed by atoms with Crippen molar-refractivity contribution >= 4 is 11.7 Å². The number of ketones is 1. The van der Waals surface area contributed by atoms with E-state index in [0.717, 1.165) is 71.2 Å². The molecule has 0 aromatic heterocycles. The number of Topliss-reactive ketones (excluding diaryl/α,β-unsaturated/α-hetero) is 1. The Morgan fingerprint density at radius 1 is 0.920 bits per heavy atom. The highest BCUT2D eigenvalue weighted by atomic mass is 16.2. The van der Waals surface area contributed by atoms with Gasteiger partial charge < -0.3 is 9.80 Å². The summed E-state index contributed by atoms with van der Waals surface area (Å²) in [6.45, 7) is 13.0. The molecule has 2 heterocycles. The summed E-state index contributed by atoms with van der Waals surface area (Å²) < 4.78 is 0. The zero-order valence-electron chi connectivity index (χ0n) is 16.9. The van der Waals surface area contributed by atoms with E-state index in [0.29, 0.717) is 17.1 Å². The van der Waals surface area contributed by atoms with Crippen LogP contribution in [0.2, 0.25) is 0 Å². The first-order valence-electron chi connectivity index (χ1n) is 10.5. The van der Waals surface area contributed by atoms with Gasteiger partial charge in [0.2, 0.25) is 5.91 Å². The van der Waals surface area contributed by atoms with Gasteiger partial charge in [0.25, 0.3) is 0 Å². The van der Waals surface area contributed by atoms with Crippen molar-refractivity contribution < 1.29 is 9.59 Å². The van der Waals surface area contributed by atoms with E-state index in [1.165, 1.54) is 6.42 Å². The van der Waals surface area contributed by atoms with Gasteiger partial charge in [0, 0.05) is 24.9 Å². The first-order valence-corrected chi connectivity index (χ1v) is 10.5. The van der Waals surface area contributed by atoms with Crippen LogP contribution in [0.15, 0.2) is 0 Å². The Labute approximate surface area is 154 Å². The van der Waals surface area contributed by atoms with Gasteiger partial charge in [-0.15, -0.1) is 0 Å². The molecule has 0 bridgehead atoms. The van der Waals surface area contributed by atoms with Gasteiger partial charge in [-0.25, -0.2) is 0 Å². The SMILES string of the molecule is CC.CCN1CCC(C(=O)N2CCC3(CCC(C(C)=O)C3)CC2)CC1. The van der Waals surface area contributed by atoms with Gasteiger partial charge in [0.1, 0.15) is 5.78 Å². The number of piperidine rings is 2. The molecule has 0 aromatic carbocycles. The Kier molecular flexibility index (Phi) is 7.48. The summed E-state index contributed by atoms with van der Waals surface area (Å²) in [5.74, 6) is 1.30. The van der Waals surface area contributed by atoms with Crippen LogP contribution in [-0.2, 0) is 9.59 Å². The van der Waals surface area contributed by atoms with E-state index in [9.17, 15) is 9.59 Å². The van der Waals surface area contributed by atoms with E-state index in [2.05, 4.69) is 16.7 Å². The Hall–Kier alpha value is -0.900. The summed E-state index contributed by atoms with van der Waals surface area (Å²) >= 11 is 0. The summed E-state index contributed by atoms with van der Waals surface area (Å²) in [5, 5.41) is 0. The van der Waals surface area contributed by atoms with Crippen molar-refractivity contribution in [3.05, 3.63) is 0 Å². The maximum absolute atomic E-state index is 12.8. The predicted molar refractivity (Wildman–Crippen MR) is 102 cm³/mol. The molecule has 1 amide bonds. The third-order valence-electron chi connectivity index (χ3n) is 6.80. The maximum atomic E-state index is 12.8. The van der Waals surface area contributed by atoms with Gasteiger partial charge in [0.05, 0.1) is 0 Å². The molecule has 25 heavy (non-hydrogen) atoms. The fourth-order valence-corrected chi connectivity index (χ4v) is 4.96. The van der Waals surface area contributed by atoms with Crippen molar-refractivity contribution in [2.24, 2.45) is 17.3 Å². The molecule has 1 unspecified atom stereocenters. The fraction of sp³-hybridized carbons (Fsp3) is 0.905. The predicted octanol–water partition coefficient (Wildman–Crippen LogP) is 3.74. The molecule has 144 valence electrons. The number of nitrogens with zero attached hydrogens (tertiary/aromatic N) is 2. The number of carbonyl (C=O) groups excluding carboxylic acids is 2. The number of likely N-dealkylation sites (tertiary alicyclic amines) is 2. The van der Waals surface area contributed by atoms with Crippen molar-refractivity contribution in [1.82, 2.24) is 9.80 Å². The van der Waals surface area contributed by atoms with Gasteiger partial charge in [-0.05, 0) is 76.9 Å². The molecule has 2 aliphatic heterocycles. The summed E-state index contributed by atoms with van der Waals surface area (Å²) in [6.07, 6.45) is 7.60. The lowest BCUT2D eigenvalue weighted by Crippen LogP contribution is -2.47. The molecular weight excluding hydrogens is 312 g/mol. The van der Waals surface area contributed by atoms with Crippen LogP contribution in [0.5, 0.6) is 0 Å². The molecule has 3 fully saturated rings. The highest BCUT2D eigenvalue weighted by Gasteiger charge is 2.43. The van der Waals surface area contributed by atoms with Gasteiger partial charge in [-0.1, -0.05) is 20.8 Å². The number of rotatable bonds is 3. The van der Waals surface area contributed by atoms with Crippen LogP contribution in [0.1, 0.15) is 72.6 Å². The second-order valence-corrected chi connectivity index (χ2v) is 8.08. The Morgan fingerprint density at radius 3 is 2.00 bits per heavy atom. The van der Waals surface area contributed by atoms with E-state index in [1.54, 1.807) is 6.92 Å².